The molecule has 6 nitrogen and oxygen atoms in total. The van der Waals surface area contributed by atoms with Gasteiger partial charge >= 0.3 is 12.1 Å². The number of anilines is 1. The summed E-state index contributed by atoms with van der Waals surface area (Å²) in [6, 6.07) is 5.96. The lowest BCUT2D eigenvalue weighted by atomic mass is 10.0. The Morgan fingerprint density at radius 2 is 1.84 bits per heavy atom. The van der Waals surface area contributed by atoms with Gasteiger partial charge < -0.3 is 19.3 Å². The molecule has 1 aromatic heterocycles. The average Bonchev–Trinajstić information content (AvgIpc) is 3.04. The van der Waals surface area contributed by atoms with Gasteiger partial charge in [0.2, 0.25) is 0 Å². The van der Waals surface area contributed by atoms with Crippen LogP contribution in [0.1, 0.15) is 38.4 Å². The van der Waals surface area contributed by atoms with E-state index in [4.69, 9.17) is 4.74 Å². The normalized spacial score (nSPS) is 14.9. The maximum atomic E-state index is 13.4. The first kappa shape index (κ1) is 22.1. The number of halogens is 3. The van der Waals surface area contributed by atoms with Gasteiger partial charge in [-0.3, -0.25) is 0 Å². The van der Waals surface area contributed by atoms with E-state index in [1.807, 2.05) is 9.47 Å². The van der Waals surface area contributed by atoms with Crippen molar-refractivity contribution in [3.63, 3.8) is 0 Å². The van der Waals surface area contributed by atoms with Crippen molar-refractivity contribution in [2.24, 2.45) is 0 Å². The van der Waals surface area contributed by atoms with E-state index in [1.165, 1.54) is 13.0 Å². The summed E-state index contributed by atoms with van der Waals surface area (Å²) in [5.41, 5.74) is 2.61. The number of hydrogen-bond acceptors (Lipinski definition) is 4. The van der Waals surface area contributed by atoms with Crippen LogP contribution in [-0.4, -0.2) is 46.9 Å². The third-order valence-electron chi connectivity index (χ3n) is 6.10. The average molecular weight is 447 g/mol. The highest BCUT2D eigenvalue weighted by atomic mass is 19.4. The van der Waals surface area contributed by atoms with Gasteiger partial charge in [-0.2, -0.15) is 13.2 Å². The molecule has 1 aliphatic heterocycles. The highest BCUT2D eigenvalue weighted by Crippen LogP contribution is 2.35. The standard InChI is InChI=1S/C23H24F3N3O3/c1-13-16(5-4-6-17(13)23(24,25)26)12-29-15(3)27-21-14(2)20(22(30)31)18(11-19(21)29)28-7-9-32-10-8-28/h4-6,11H,7-10,12H2,1-3H3,(H,30,31). The minimum absolute atomic E-state index is 0.175. The molecule has 1 fully saturated rings. The van der Waals surface area contributed by atoms with Gasteiger partial charge in [0.05, 0.1) is 41.1 Å². The fraction of sp³-hybridized carbons (Fsp3) is 0.391. The quantitative estimate of drug-likeness (QED) is 0.635. The van der Waals surface area contributed by atoms with E-state index in [2.05, 4.69) is 4.98 Å². The van der Waals surface area contributed by atoms with Gasteiger partial charge in [-0.25, -0.2) is 9.78 Å². The van der Waals surface area contributed by atoms with Gasteiger partial charge in [-0.1, -0.05) is 12.1 Å². The van der Waals surface area contributed by atoms with Crippen molar-refractivity contribution in [1.82, 2.24) is 9.55 Å². The molecule has 0 atom stereocenters. The smallest absolute Gasteiger partial charge is 0.416 e. The predicted molar refractivity (Wildman–Crippen MR) is 114 cm³/mol. The largest absolute Gasteiger partial charge is 0.478 e. The van der Waals surface area contributed by atoms with E-state index in [0.29, 0.717) is 60.0 Å². The number of carboxylic acids is 1. The molecule has 2 heterocycles. The number of carbonyl (C=O) groups is 1. The van der Waals surface area contributed by atoms with Crippen molar-refractivity contribution in [3.05, 3.63) is 57.9 Å². The maximum Gasteiger partial charge on any atom is 0.416 e. The predicted octanol–water partition coefficient (Wildman–Crippen LogP) is 4.56. The molecule has 1 N–H and O–H groups in total. The molecule has 0 spiro atoms. The Balaban J connectivity index is 1.88. The number of morpholine rings is 1. The molecule has 2 aromatic carbocycles. The summed E-state index contributed by atoms with van der Waals surface area (Å²) in [6.45, 7) is 7.29. The SMILES string of the molecule is Cc1c(Cn2c(C)nc3c(C)c(C(=O)O)c(N4CCOCC4)cc32)cccc1C(F)(F)F. The first-order valence-corrected chi connectivity index (χ1v) is 10.3. The van der Waals surface area contributed by atoms with Crippen LogP contribution in [0.25, 0.3) is 11.0 Å². The van der Waals surface area contributed by atoms with Crippen LogP contribution in [-0.2, 0) is 17.5 Å². The van der Waals surface area contributed by atoms with E-state index in [1.54, 1.807) is 26.0 Å². The molecule has 32 heavy (non-hydrogen) atoms. The van der Waals surface area contributed by atoms with Crippen LogP contribution in [0, 0.1) is 20.8 Å². The molecular weight excluding hydrogens is 423 g/mol. The molecule has 0 aliphatic carbocycles. The number of aromatic nitrogens is 2. The second-order valence-electron chi connectivity index (χ2n) is 8.00. The summed E-state index contributed by atoms with van der Waals surface area (Å²) in [5.74, 6) is -0.429. The number of imidazole rings is 1. The van der Waals surface area contributed by atoms with Gasteiger partial charge in [0.15, 0.2) is 0 Å². The van der Waals surface area contributed by atoms with Crippen LogP contribution < -0.4 is 4.90 Å². The molecule has 0 radical (unpaired) electrons. The molecule has 9 heteroatoms. The minimum Gasteiger partial charge on any atom is -0.478 e. The number of ether oxygens (including phenoxy) is 1. The molecule has 0 saturated carbocycles. The van der Waals surface area contributed by atoms with Gasteiger partial charge in [0.1, 0.15) is 5.82 Å². The lowest BCUT2D eigenvalue weighted by Crippen LogP contribution is -2.37. The Labute approximate surface area is 183 Å². The van der Waals surface area contributed by atoms with Gasteiger partial charge in [0, 0.05) is 19.6 Å². The molecule has 1 aliphatic rings. The topological polar surface area (TPSA) is 67.6 Å². The number of fused-ring (bicyclic) bond motifs is 1. The van der Waals surface area contributed by atoms with Crippen LogP contribution in [0.5, 0.6) is 0 Å². The van der Waals surface area contributed by atoms with Gasteiger partial charge in [-0.05, 0) is 49.6 Å². The van der Waals surface area contributed by atoms with Crippen molar-refractivity contribution < 1.29 is 27.8 Å². The van der Waals surface area contributed by atoms with Crippen molar-refractivity contribution in [1.29, 1.82) is 0 Å². The summed E-state index contributed by atoms with van der Waals surface area (Å²) in [7, 11) is 0. The number of rotatable bonds is 4. The molecule has 4 rings (SSSR count). The number of benzene rings is 2. The van der Waals surface area contributed by atoms with Crippen LogP contribution in [0.3, 0.4) is 0 Å². The van der Waals surface area contributed by atoms with Gasteiger partial charge in [-0.15, -0.1) is 0 Å². The maximum absolute atomic E-state index is 13.4. The summed E-state index contributed by atoms with van der Waals surface area (Å²) >= 11 is 0. The van der Waals surface area contributed by atoms with Crippen LogP contribution in [0.15, 0.2) is 24.3 Å². The molecular formula is C23H24F3N3O3. The first-order chi connectivity index (χ1) is 15.1. The molecule has 1 saturated heterocycles. The third kappa shape index (κ3) is 3.81. The van der Waals surface area contributed by atoms with Crippen molar-refractivity contribution in [2.45, 2.75) is 33.5 Å². The number of nitrogens with zero attached hydrogens (tertiary/aromatic N) is 3. The molecule has 0 unspecified atom stereocenters. The zero-order valence-corrected chi connectivity index (χ0v) is 18.1. The number of hydrogen-bond donors (Lipinski definition) is 1. The third-order valence-corrected chi connectivity index (χ3v) is 6.10. The van der Waals surface area contributed by atoms with Gasteiger partial charge in [0.25, 0.3) is 0 Å². The Morgan fingerprint density at radius 1 is 1.16 bits per heavy atom. The summed E-state index contributed by atoms with van der Waals surface area (Å²) in [6.07, 6.45) is -4.43. The van der Waals surface area contributed by atoms with E-state index < -0.39 is 17.7 Å². The highest BCUT2D eigenvalue weighted by Gasteiger charge is 2.33. The Hall–Kier alpha value is -3.07. The fourth-order valence-electron chi connectivity index (χ4n) is 4.37. The number of aryl methyl sites for hydroxylation is 2. The second kappa shape index (κ2) is 8.12. The Bertz CT molecular complexity index is 1190. The Morgan fingerprint density at radius 3 is 2.47 bits per heavy atom. The zero-order valence-electron chi connectivity index (χ0n) is 18.1. The van der Waals surface area contributed by atoms with Crippen LogP contribution >= 0.6 is 0 Å². The lowest BCUT2D eigenvalue weighted by molar-refractivity contribution is -0.138. The minimum atomic E-state index is -4.43. The monoisotopic (exact) mass is 447 g/mol. The van der Waals surface area contributed by atoms with E-state index in [9.17, 15) is 23.1 Å². The summed E-state index contributed by atoms with van der Waals surface area (Å²) in [4.78, 5) is 18.6. The first-order valence-electron chi connectivity index (χ1n) is 10.3. The molecule has 3 aromatic rings. The highest BCUT2D eigenvalue weighted by molar-refractivity contribution is 6.02. The van der Waals surface area contributed by atoms with Crippen molar-refractivity contribution >= 4 is 22.7 Å². The zero-order chi connectivity index (χ0) is 23.2. The lowest BCUT2D eigenvalue weighted by Gasteiger charge is -2.30. The van der Waals surface area contributed by atoms with E-state index in [-0.39, 0.29) is 17.7 Å². The van der Waals surface area contributed by atoms with Crippen LogP contribution in [0.4, 0.5) is 18.9 Å². The molecule has 0 bridgehead atoms. The summed E-state index contributed by atoms with van der Waals surface area (Å²) < 4.78 is 47.4. The second-order valence-corrected chi connectivity index (χ2v) is 8.00. The summed E-state index contributed by atoms with van der Waals surface area (Å²) in [5, 5.41) is 9.89. The van der Waals surface area contributed by atoms with Crippen LogP contribution in [0.2, 0.25) is 0 Å². The molecule has 0 amide bonds. The van der Waals surface area contributed by atoms with Crippen molar-refractivity contribution in [2.75, 3.05) is 31.2 Å². The van der Waals surface area contributed by atoms with Crippen molar-refractivity contribution in [3.8, 4) is 0 Å². The fourth-order valence-corrected chi connectivity index (χ4v) is 4.37. The number of aromatic carboxylic acids is 1. The van der Waals surface area contributed by atoms with E-state index >= 15 is 0 Å². The Kier molecular flexibility index (Phi) is 5.62. The number of alkyl halides is 3. The number of carboxylic acid groups (broad SMARTS) is 1. The van der Waals surface area contributed by atoms with E-state index in [0.717, 1.165) is 6.07 Å². The molecule has 170 valence electrons.